The summed E-state index contributed by atoms with van der Waals surface area (Å²) in [6.45, 7) is 6.78. The molecule has 2 N–H and O–H groups in total. The lowest BCUT2D eigenvalue weighted by Gasteiger charge is -2.17. The average Bonchev–Trinajstić information content (AvgIpc) is 2.11. The fraction of sp³-hybridized carbons (Fsp3) is 0.889. The summed E-state index contributed by atoms with van der Waals surface area (Å²) in [7, 11) is -3.29. The van der Waals surface area contributed by atoms with Crippen LogP contribution in [-0.2, 0) is 14.6 Å². The first-order chi connectivity index (χ1) is 7.48. The first-order valence-electron chi connectivity index (χ1n) is 4.94. The van der Waals surface area contributed by atoms with Gasteiger partial charge < -0.3 is 5.32 Å². The molecule has 0 unspecified atom stereocenters. The smallest absolute Gasteiger partial charge is 0.328 e. The van der Waals surface area contributed by atoms with Gasteiger partial charge in [0.05, 0.1) is 7.11 Å². The number of carbonyl (C=O) groups is 1. The summed E-state index contributed by atoms with van der Waals surface area (Å²) in [5.74, 6) is 0. The molecule has 104 valence electrons. The predicted molar refractivity (Wildman–Crippen MR) is 61.8 cm³/mol. The van der Waals surface area contributed by atoms with E-state index in [1.807, 2.05) is 0 Å². The Bertz CT molecular complexity index is 310. The molecule has 0 aliphatic heterocycles. The number of halogens is 1. The van der Waals surface area contributed by atoms with E-state index in [4.69, 9.17) is 4.55 Å². The molecule has 0 aromatic carbocycles. The molecule has 0 bridgehead atoms. The molecule has 0 saturated heterocycles. The SMILES string of the molecule is CC(C)(C)CCCNC(=O)F.COS(=O)(=O)O. The van der Waals surface area contributed by atoms with Gasteiger partial charge in [0.25, 0.3) is 0 Å². The second-order valence-electron chi connectivity index (χ2n) is 4.46. The highest BCUT2D eigenvalue weighted by molar-refractivity contribution is 7.80. The molecule has 0 aromatic heterocycles. The molecule has 1 amide bonds. The maximum Gasteiger partial charge on any atom is 0.397 e. The minimum absolute atomic E-state index is 0.265. The van der Waals surface area contributed by atoms with Gasteiger partial charge in [0, 0.05) is 6.54 Å². The van der Waals surface area contributed by atoms with Crippen molar-refractivity contribution in [2.24, 2.45) is 5.41 Å². The zero-order valence-corrected chi connectivity index (χ0v) is 11.3. The molecule has 0 fully saturated rings. The first-order valence-corrected chi connectivity index (χ1v) is 6.31. The van der Waals surface area contributed by atoms with Gasteiger partial charge in [0.2, 0.25) is 0 Å². The van der Waals surface area contributed by atoms with Gasteiger partial charge in [0.15, 0.2) is 0 Å². The lowest BCUT2D eigenvalue weighted by Crippen LogP contribution is -2.20. The molecule has 0 aromatic rings. The summed E-state index contributed by atoms with van der Waals surface area (Å²) in [5.41, 5.74) is 0.265. The quantitative estimate of drug-likeness (QED) is 0.353. The van der Waals surface area contributed by atoms with E-state index in [2.05, 4.69) is 30.3 Å². The van der Waals surface area contributed by atoms with Crippen molar-refractivity contribution < 1.29 is 26.3 Å². The lowest BCUT2D eigenvalue weighted by atomic mass is 9.91. The van der Waals surface area contributed by atoms with Crippen LogP contribution in [0, 0.1) is 5.41 Å². The fourth-order valence-electron chi connectivity index (χ4n) is 0.805. The van der Waals surface area contributed by atoms with Gasteiger partial charge in [-0.25, -0.2) is 4.79 Å². The van der Waals surface area contributed by atoms with Crippen LogP contribution in [0.15, 0.2) is 0 Å². The summed E-state index contributed by atoms with van der Waals surface area (Å²) in [4.78, 5) is 9.79. The minimum atomic E-state index is -4.16. The standard InChI is InChI=1S/C8H16FNO.CH4O4S/c1-8(2,3)5-4-6-10-7(9)11;1-5-6(2,3)4/h4-6H2,1-3H3,(H,10,11);1H3,(H,2,3,4). The van der Waals surface area contributed by atoms with Gasteiger partial charge in [-0.15, -0.1) is 4.39 Å². The summed E-state index contributed by atoms with van der Waals surface area (Å²) < 4.78 is 41.3. The molecular weight excluding hydrogens is 253 g/mol. The van der Waals surface area contributed by atoms with Gasteiger partial charge in [0.1, 0.15) is 0 Å². The monoisotopic (exact) mass is 273 g/mol. The van der Waals surface area contributed by atoms with Crippen molar-refractivity contribution in [1.29, 1.82) is 0 Å². The summed E-state index contributed by atoms with van der Waals surface area (Å²) in [5, 5.41) is 2.11. The van der Waals surface area contributed by atoms with Crippen molar-refractivity contribution in [2.45, 2.75) is 33.6 Å². The van der Waals surface area contributed by atoms with Gasteiger partial charge in [-0.3, -0.25) is 8.74 Å². The summed E-state index contributed by atoms with van der Waals surface area (Å²) in [6, 6.07) is 0. The minimum Gasteiger partial charge on any atom is -0.328 e. The molecule has 0 spiro atoms. The Morgan fingerprint density at radius 1 is 1.41 bits per heavy atom. The van der Waals surface area contributed by atoms with Crippen LogP contribution in [0.5, 0.6) is 0 Å². The van der Waals surface area contributed by atoms with Crippen molar-refractivity contribution >= 4 is 16.6 Å². The fourth-order valence-corrected chi connectivity index (χ4v) is 0.805. The van der Waals surface area contributed by atoms with Crippen LogP contribution in [0.2, 0.25) is 0 Å². The Labute approximate surface area is 101 Å². The number of hydrogen-bond acceptors (Lipinski definition) is 4. The number of carbonyl (C=O) groups excluding carboxylic acids is 1. The van der Waals surface area contributed by atoms with Gasteiger partial charge in [-0.2, -0.15) is 8.42 Å². The summed E-state index contributed by atoms with van der Waals surface area (Å²) >= 11 is 0. The largest absolute Gasteiger partial charge is 0.397 e. The second kappa shape index (κ2) is 8.37. The van der Waals surface area contributed by atoms with Crippen LogP contribution in [0.3, 0.4) is 0 Å². The topological polar surface area (TPSA) is 92.7 Å². The van der Waals surface area contributed by atoms with Crippen molar-refractivity contribution in [2.75, 3.05) is 13.7 Å². The molecule has 6 nitrogen and oxygen atoms in total. The Balaban J connectivity index is 0. The highest BCUT2D eigenvalue weighted by Gasteiger charge is 2.08. The van der Waals surface area contributed by atoms with Crippen LogP contribution in [0.1, 0.15) is 33.6 Å². The maximum atomic E-state index is 11.6. The maximum absolute atomic E-state index is 11.6. The van der Waals surface area contributed by atoms with E-state index in [0.717, 1.165) is 20.0 Å². The number of rotatable bonds is 4. The molecule has 17 heavy (non-hydrogen) atoms. The Morgan fingerprint density at radius 2 is 1.82 bits per heavy atom. The van der Waals surface area contributed by atoms with Crippen molar-refractivity contribution in [1.82, 2.24) is 5.32 Å². The Morgan fingerprint density at radius 3 is 2.06 bits per heavy atom. The molecule has 0 aliphatic carbocycles. The molecule has 8 heteroatoms. The van der Waals surface area contributed by atoms with E-state index in [1.54, 1.807) is 0 Å². The predicted octanol–water partition coefficient (Wildman–Crippen LogP) is 1.93. The normalized spacial score (nSPS) is 11.4. The molecule has 0 radical (unpaired) electrons. The van der Waals surface area contributed by atoms with Crippen molar-refractivity contribution in [3.8, 4) is 0 Å². The Hall–Kier alpha value is -0.730. The summed E-state index contributed by atoms with van der Waals surface area (Å²) in [6.07, 6.45) is 0.394. The molecule has 0 aliphatic rings. The second-order valence-corrected chi connectivity index (χ2v) is 5.65. The van der Waals surface area contributed by atoms with Crippen molar-refractivity contribution in [3.63, 3.8) is 0 Å². The highest BCUT2D eigenvalue weighted by Crippen LogP contribution is 2.19. The van der Waals surface area contributed by atoms with Gasteiger partial charge in [-0.05, 0) is 18.3 Å². The molecular formula is C9H20FNO5S. The van der Waals surface area contributed by atoms with Crippen molar-refractivity contribution in [3.05, 3.63) is 0 Å². The third-order valence-corrected chi connectivity index (χ3v) is 2.00. The van der Waals surface area contributed by atoms with Crippen LogP contribution in [-0.4, -0.2) is 32.8 Å². The molecule has 0 heterocycles. The lowest BCUT2D eigenvalue weighted by molar-refractivity contribution is 0.220. The van der Waals surface area contributed by atoms with Crippen LogP contribution in [0.4, 0.5) is 9.18 Å². The molecule has 0 atom stereocenters. The third-order valence-electron chi connectivity index (χ3n) is 1.58. The Kier molecular flexibility index (Phi) is 9.18. The zero-order valence-electron chi connectivity index (χ0n) is 10.5. The van der Waals surface area contributed by atoms with E-state index in [-0.39, 0.29) is 5.41 Å². The van der Waals surface area contributed by atoms with Crippen LogP contribution < -0.4 is 5.32 Å². The van der Waals surface area contributed by atoms with E-state index < -0.39 is 16.6 Å². The van der Waals surface area contributed by atoms with Crippen LogP contribution in [0.25, 0.3) is 0 Å². The number of hydrogen-bond donors (Lipinski definition) is 2. The number of amides is 1. The number of nitrogens with one attached hydrogen (secondary N) is 1. The first kappa shape index (κ1) is 18.6. The van der Waals surface area contributed by atoms with Gasteiger partial charge in [-0.1, -0.05) is 20.8 Å². The van der Waals surface area contributed by atoms with E-state index in [0.29, 0.717) is 6.54 Å². The average molecular weight is 273 g/mol. The van der Waals surface area contributed by atoms with Gasteiger partial charge >= 0.3 is 16.6 Å². The third kappa shape index (κ3) is 25.5. The van der Waals surface area contributed by atoms with E-state index in [9.17, 15) is 17.6 Å². The highest BCUT2D eigenvalue weighted by atomic mass is 32.3. The van der Waals surface area contributed by atoms with E-state index >= 15 is 0 Å². The van der Waals surface area contributed by atoms with E-state index in [1.165, 1.54) is 0 Å². The molecule has 0 rings (SSSR count). The molecule has 0 saturated carbocycles. The zero-order chi connectivity index (χ0) is 14.1. The van der Waals surface area contributed by atoms with Crippen LogP contribution >= 0.6 is 0 Å².